The van der Waals surface area contributed by atoms with Crippen LogP contribution in [0.4, 0.5) is 0 Å². The molecule has 2 atom stereocenters. The fraction of sp³-hybridized carbons (Fsp3) is 0.500. The first-order valence-corrected chi connectivity index (χ1v) is 10.9. The van der Waals surface area contributed by atoms with Gasteiger partial charge in [0.1, 0.15) is 6.61 Å². The Kier molecular flexibility index (Phi) is 11.5. The molecular weight excluding hydrogens is 408 g/mol. The van der Waals surface area contributed by atoms with Gasteiger partial charge in [-0.2, -0.15) is 0 Å². The lowest BCUT2D eigenvalue weighted by atomic mass is 10.0. The van der Waals surface area contributed by atoms with Crippen LogP contribution in [0.3, 0.4) is 0 Å². The molecule has 0 bridgehead atoms. The third kappa shape index (κ3) is 9.94. The zero-order chi connectivity index (χ0) is 24.3. The van der Waals surface area contributed by atoms with E-state index in [0.717, 1.165) is 30.4 Å². The van der Waals surface area contributed by atoms with Crippen LogP contribution < -0.4 is 0 Å². The molecule has 1 rings (SSSR count). The summed E-state index contributed by atoms with van der Waals surface area (Å²) < 4.78 is 15.8. The van der Waals surface area contributed by atoms with Crippen LogP contribution >= 0.6 is 0 Å². The molecule has 1 aliphatic rings. The molecule has 176 valence electrons. The van der Waals surface area contributed by atoms with E-state index in [1.54, 1.807) is 13.0 Å². The van der Waals surface area contributed by atoms with Crippen LogP contribution in [0.2, 0.25) is 0 Å². The minimum atomic E-state index is -0.703. The van der Waals surface area contributed by atoms with Crippen molar-refractivity contribution >= 4 is 17.9 Å². The highest BCUT2D eigenvalue weighted by Gasteiger charge is 2.40. The molecule has 0 aromatic heterocycles. The first kappa shape index (κ1) is 27.1. The molecule has 1 heterocycles. The molecule has 0 aromatic rings. The second-order valence-electron chi connectivity index (χ2n) is 8.36. The molecule has 1 saturated heterocycles. The normalized spacial score (nSPS) is 20.1. The largest absolute Gasteiger partial charge is 0.458 e. The van der Waals surface area contributed by atoms with E-state index in [2.05, 4.69) is 19.6 Å². The molecule has 32 heavy (non-hydrogen) atoms. The summed E-state index contributed by atoms with van der Waals surface area (Å²) in [5.41, 5.74) is 4.13. The second-order valence-corrected chi connectivity index (χ2v) is 8.36. The number of hydrogen-bond acceptors (Lipinski definition) is 6. The van der Waals surface area contributed by atoms with E-state index in [-0.39, 0.29) is 12.6 Å². The number of allylic oxidation sites excluding steroid dienone is 5. The van der Waals surface area contributed by atoms with Gasteiger partial charge in [-0.15, -0.1) is 0 Å². The van der Waals surface area contributed by atoms with Crippen molar-refractivity contribution < 1.29 is 28.6 Å². The Morgan fingerprint density at radius 3 is 2.22 bits per heavy atom. The molecule has 6 nitrogen and oxygen atoms in total. The van der Waals surface area contributed by atoms with Crippen molar-refractivity contribution in [2.24, 2.45) is 0 Å². The quantitative estimate of drug-likeness (QED) is 0.186. The van der Waals surface area contributed by atoms with Gasteiger partial charge in [-0.25, -0.2) is 9.59 Å². The molecule has 0 amide bonds. The summed E-state index contributed by atoms with van der Waals surface area (Å²) in [7, 11) is 0. The van der Waals surface area contributed by atoms with Gasteiger partial charge in [0, 0.05) is 12.5 Å². The number of ether oxygens (including phenoxy) is 3. The zero-order valence-electron chi connectivity index (χ0n) is 20.2. The minimum Gasteiger partial charge on any atom is -0.458 e. The van der Waals surface area contributed by atoms with Crippen LogP contribution in [0, 0.1) is 0 Å². The van der Waals surface area contributed by atoms with Gasteiger partial charge in [0.15, 0.2) is 12.2 Å². The fourth-order valence-electron chi connectivity index (χ4n) is 3.09. The van der Waals surface area contributed by atoms with Crippen LogP contribution in [0.5, 0.6) is 0 Å². The van der Waals surface area contributed by atoms with Crippen LogP contribution in [0.15, 0.2) is 58.7 Å². The van der Waals surface area contributed by atoms with Gasteiger partial charge in [-0.1, -0.05) is 35.5 Å². The van der Waals surface area contributed by atoms with E-state index in [9.17, 15) is 14.4 Å². The van der Waals surface area contributed by atoms with Crippen LogP contribution in [-0.4, -0.2) is 36.7 Å². The lowest BCUT2D eigenvalue weighted by molar-refractivity contribution is -0.148. The molecule has 0 spiro atoms. The van der Waals surface area contributed by atoms with Crippen molar-refractivity contribution in [2.45, 2.75) is 79.4 Å². The highest BCUT2D eigenvalue weighted by Crippen LogP contribution is 2.27. The highest BCUT2D eigenvalue weighted by atomic mass is 16.6. The van der Waals surface area contributed by atoms with Crippen LogP contribution in [0.1, 0.15) is 67.2 Å². The monoisotopic (exact) mass is 444 g/mol. The lowest BCUT2D eigenvalue weighted by Crippen LogP contribution is -2.26. The third-order valence-corrected chi connectivity index (χ3v) is 4.80. The smallest absolute Gasteiger partial charge is 0.338 e. The van der Waals surface area contributed by atoms with Gasteiger partial charge in [-0.05, 0) is 72.5 Å². The minimum absolute atomic E-state index is 0.251. The molecule has 0 N–H and O–H groups in total. The van der Waals surface area contributed by atoms with E-state index in [1.807, 2.05) is 32.9 Å². The number of hydrogen-bond donors (Lipinski definition) is 0. The maximum absolute atomic E-state index is 12.3. The van der Waals surface area contributed by atoms with Gasteiger partial charge in [-0.3, -0.25) is 4.79 Å². The van der Waals surface area contributed by atoms with Gasteiger partial charge in [0.25, 0.3) is 0 Å². The first-order valence-electron chi connectivity index (χ1n) is 10.9. The molecule has 1 aliphatic heterocycles. The van der Waals surface area contributed by atoms with E-state index in [1.165, 1.54) is 12.5 Å². The Labute approximate surface area is 191 Å². The Morgan fingerprint density at radius 1 is 1.00 bits per heavy atom. The third-order valence-electron chi connectivity index (χ3n) is 4.80. The molecule has 0 radical (unpaired) electrons. The SMILES string of the molecule is C=C(C)C(=O)OC/C=C(/C)CC/C=C(\C)CC/C=C1/C(=O)O[C@H](C=C(C)C)[C@H]1OC(C)=O. The Balaban J connectivity index is 2.58. The van der Waals surface area contributed by atoms with Crippen molar-refractivity contribution in [3.8, 4) is 0 Å². The zero-order valence-corrected chi connectivity index (χ0v) is 20.2. The lowest BCUT2D eigenvalue weighted by Gasteiger charge is -2.15. The molecule has 0 unspecified atom stereocenters. The van der Waals surface area contributed by atoms with Crippen LogP contribution in [-0.2, 0) is 28.6 Å². The maximum Gasteiger partial charge on any atom is 0.338 e. The van der Waals surface area contributed by atoms with Crippen molar-refractivity contribution in [3.63, 3.8) is 0 Å². The molecule has 6 heteroatoms. The highest BCUT2D eigenvalue weighted by molar-refractivity contribution is 5.93. The van der Waals surface area contributed by atoms with E-state index < -0.39 is 24.1 Å². The van der Waals surface area contributed by atoms with Crippen molar-refractivity contribution in [3.05, 3.63) is 58.7 Å². The second kappa shape index (κ2) is 13.5. The Morgan fingerprint density at radius 2 is 1.62 bits per heavy atom. The summed E-state index contributed by atoms with van der Waals surface area (Å²) in [6.45, 7) is 14.6. The Bertz CT molecular complexity index is 836. The number of cyclic esters (lactones) is 1. The van der Waals surface area contributed by atoms with Gasteiger partial charge in [0.2, 0.25) is 0 Å². The van der Waals surface area contributed by atoms with Gasteiger partial charge in [0.05, 0.1) is 5.57 Å². The summed E-state index contributed by atoms with van der Waals surface area (Å²) in [5.74, 6) is -1.26. The summed E-state index contributed by atoms with van der Waals surface area (Å²) >= 11 is 0. The van der Waals surface area contributed by atoms with Crippen molar-refractivity contribution in [1.29, 1.82) is 0 Å². The topological polar surface area (TPSA) is 78.9 Å². The van der Waals surface area contributed by atoms with Gasteiger partial charge < -0.3 is 14.2 Å². The molecule has 0 saturated carbocycles. The summed E-state index contributed by atoms with van der Waals surface area (Å²) in [6, 6.07) is 0. The van der Waals surface area contributed by atoms with Crippen LogP contribution in [0.25, 0.3) is 0 Å². The molecule has 0 aliphatic carbocycles. The van der Waals surface area contributed by atoms with E-state index in [4.69, 9.17) is 14.2 Å². The Hall–Kier alpha value is -2.89. The summed E-state index contributed by atoms with van der Waals surface area (Å²) in [4.78, 5) is 35.1. The number of carbonyl (C=O) groups excluding carboxylic acids is 3. The molecule has 0 aromatic carbocycles. The molecular formula is C26H36O6. The van der Waals surface area contributed by atoms with E-state index >= 15 is 0 Å². The van der Waals surface area contributed by atoms with Crippen molar-refractivity contribution in [1.82, 2.24) is 0 Å². The molecule has 1 fully saturated rings. The van der Waals surface area contributed by atoms with Gasteiger partial charge >= 0.3 is 17.9 Å². The average Bonchev–Trinajstić information content (AvgIpc) is 2.95. The van der Waals surface area contributed by atoms with Crippen molar-refractivity contribution in [2.75, 3.05) is 6.61 Å². The predicted octanol–water partition coefficient (Wildman–Crippen LogP) is 5.31. The first-order chi connectivity index (χ1) is 15.0. The summed E-state index contributed by atoms with van der Waals surface area (Å²) in [6.07, 6.45) is 9.58. The predicted molar refractivity (Wildman–Crippen MR) is 125 cm³/mol. The summed E-state index contributed by atoms with van der Waals surface area (Å²) in [5, 5.41) is 0. The standard InChI is InChI=1S/C26H36O6/c1-17(2)16-23-24(31-21(7)27)22(26(29)32-23)13-9-12-19(5)10-8-11-20(6)14-15-30-25(28)18(3)4/h10,13-14,16,23-24H,3,8-9,11-12,15H2,1-2,4-7H3/b19-10+,20-14-,22-13+/t23-,24+/m1/s1. The number of esters is 3. The number of rotatable bonds is 11. The van der Waals surface area contributed by atoms with E-state index in [0.29, 0.717) is 17.6 Å². The average molecular weight is 445 g/mol. The maximum atomic E-state index is 12.3. The fourth-order valence-corrected chi connectivity index (χ4v) is 3.09. The number of carbonyl (C=O) groups is 3.